The summed E-state index contributed by atoms with van der Waals surface area (Å²) < 4.78 is 9.52. The Morgan fingerprint density at radius 2 is 2.12 bits per heavy atom. The molecule has 0 radical (unpaired) electrons. The van der Waals surface area contributed by atoms with Crippen molar-refractivity contribution in [3.63, 3.8) is 0 Å². The van der Waals surface area contributed by atoms with E-state index in [-0.39, 0.29) is 0 Å². The van der Waals surface area contributed by atoms with Crippen molar-refractivity contribution in [1.29, 1.82) is 0 Å². The highest BCUT2D eigenvalue weighted by molar-refractivity contribution is 4.92. The molecule has 0 fully saturated rings. The fourth-order valence-corrected chi connectivity index (χ4v) is 0.463. The zero-order valence-corrected chi connectivity index (χ0v) is 5.60. The maximum atomic E-state index is 4.81. The molecule has 0 aromatic carbocycles. The zero-order valence-electron chi connectivity index (χ0n) is 5.60. The summed E-state index contributed by atoms with van der Waals surface area (Å²) in [4.78, 5) is 0. The van der Waals surface area contributed by atoms with E-state index in [9.17, 15) is 0 Å². The summed E-state index contributed by atoms with van der Waals surface area (Å²) in [5.41, 5.74) is 1.09. The van der Waals surface area contributed by atoms with E-state index in [0.717, 1.165) is 5.57 Å². The third-order valence-electron chi connectivity index (χ3n) is 0.691. The van der Waals surface area contributed by atoms with Gasteiger partial charge in [-0.3, -0.25) is 0 Å². The highest BCUT2D eigenvalue weighted by Gasteiger charge is 1.83. The lowest BCUT2D eigenvalue weighted by atomic mass is 10.4. The summed E-state index contributed by atoms with van der Waals surface area (Å²) in [5, 5.41) is 0. The molecule has 0 aliphatic rings. The lowest BCUT2D eigenvalue weighted by Gasteiger charge is -1.95. The number of hydrogen-bond acceptors (Lipinski definition) is 2. The van der Waals surface area contributed by atoms with Crippen LogP contribution >= 0.6 is 0 Å². The molecule has 8 heavy (non-hydrogen) atoms. The Labute approximate surface area is 50.1 Å². The van der Waals surface area contributed by atoms with Crippen LogP contribution in [0.1, 0.15) is 6.92 Å². The summed E-state index contributed by atoms with van der Waals surface area (Å²) in [5.74, 6) is 0. The predicted molar refractivity (Wildman–Crippen MR) is 32.6 cm³/mol. The van der Waals surface area contributed by atoms with Crippen molar-refractivity contribution in [2.24, 2.45) is 0 Å². The molecule has 0 unspecified atom stereocenters. The van der Waals surface area contributed by atoms with Gasteiger partial charge in [-0.25, -0.2) is 0 Å². The van der Waals surface area contributed by atoms with Crippen LogP contribution < -0.4 is 0 Å². The first-order chi connectivity index (χ1) is 3.81. The fraction of sp³-hybridized carbons (Fsp3) is 0.667. The molecular formula is C6H12O2. The fourth-order valence-electron chi connectivity index (χ4n) is 0.463. The first-order valence-corrected chi connectivity index (χ1v) is 2.48. The van der Waals surface area contributed by atoms with Crippen molar-refractivity contribution in [2.45, 2.75) is 6.92 Å². The largest absolute Gasteiger partial charge is 0.504 e. The van der Waals surface area contributed by atoms with Crippen LogP contribution in [-0.2, 0) is 9.47 Å². The van der Waals surface area contributed by atoms with Gasteiger partial charge in [-0.15, -0.1) is 0 Å². The Morgan fingerprint density at radius 1 is 1.50 bits per heavy atom. The summed E-state index contributed by atoms with van der Waals surface area (Å²) in [7, 11) is 3.28. The lowest BCUT2D eigenvalue weighted by molar-refractivity contribution is 0.220. The molecule has 0 saturated carbocycles. The van der Waals surface area contributed by atoms with E-state index in [1.165, 1.54) is 0 Å². The molecule has 48 valence electrons. The van der Waals surface area contributed by atoms with Crippen molar-refractivity contribution < 1.29 is 9.47 Å². The van der Waals surface area contributed by atoms with Gasteiger partial charge in [0.2, 0.25) is 0 Å². The molecule has 0 amide bonds. The minimum Gasteiger partial charge on any atom is -0.504 e. The highest BCUT2D eigenvalue weighted by Crippen LogP contribution is 1.90. The normalized spacial score (nSPS) is 11.6. The minimum atomic E-state index is 0.647. The van der Waals surface area contributed by atoms with Crippen molar-refractivity contribution in [3.8, 4) is 0 Å². The van der Waals surface area contributed by atoms with Crippen molar-refractivity contribution in [1.82, 2.24) is 0 Å². The molecule has 0 aliphatic carbocycles. The number of rotatable bonds is 3. The van der Waals surface area contributed by atoms with Gasteiger partial charge in [0.05, 0.1) is 20.0 Å². The minimum absolute atomic E-state index is 0.647. The predicted octanol–water partition coefficient (Wildman–Crippen LogP) is 1.18. The van der Waals surface area contributed by atoms with Crippen molar-refractivity contribution in [2.75, 3.05) is 20.8 Å². The number of methoxy groups -OCH3 is 2. The first kappa shape index (κ1) is 7.50. The van der Waals surface area contributed by atoms with Gasteiger partial charge in [-0.05, 0) is 12.5 Å². The van der Waals surface area contributed by atoms with Crippen LogP contribution in [0, 0.1) is 0 Å². The average molecular weight is 116 g/mol. The Hall–Kier alpha value is -0.500. The third-order valence-corrected chi connectivity index (χ3v) is 0.691. The molecule has 0 bridgehead atoms. The quantitative estimate of drug-likeness (QED) is 0.515. The Morgan fingerprint density at radius 3 is 2.50 bits per heavy atom. The number of hydrogen-bond donors (Lipinski definition) is 0. The van der Waals surface area contributed by atoms with Gasteiger partial charge >= 0.3 is 0 Å². The van der Waals surface area contributed by atoms with Gasteiger partial charge in [0.15, 0.2) is 0 Å². The highest BCUT2D eigenvalue weighted by atomic mass is 16.5. The van der Waals surface area contributed by atoms with E-state index in [0.29, 0.717) is 6.61 Å². The zero-order chi connectivity index (χ0) is 6.41. The third kappa shape index (κ3) is 3.68. The van der Waals surface area contributed by atoms with Crippen LogP contribution in [0.5, 0.6) is 0 Å². The van der Waals surface area contributed by atoms with E-state index in [4.69, 9.17) is 9.47 Å². The van der Waals surface area contributed by atoms with Gasteiger partial charge in [-0.2, -0.15) is 0 Å². The second-order valence-electron chi connectivity index (χ2n) is 1.63. The van der Waals surface area contributed by atoms with Crippen molar-refractivity contribution >= 4 is 0 Å². The Kier molecular flexibility index (Phi) is 4.36. The summed E-state index contributed by atoms with van der Waals surface area (Å²) in [6.07, 6.45) is 1.67. The lowest BCUT2D eigenvalue weighted by Crippen LogP contribution is -1.89. The molecule has 0 heterocycles. The molecule has 0 rings (SSSR count). The smallest absolute Gasteiger partial charge is 0.0836 e. The molecule has 0 aromatic rings. The summed E-state index contributed by atoms with van der Waals surface area (Å²) in [6.45, 7) is 2.60. The van der Waals surface area contributed by atoms with Crippen LogP contribution in [0.15, 0.2) is 11.8 Å². The monoisotopic (exact) mass is 116 g/mol. The van der Waals surface area contributed by atoms with Crippen LogP contribution in [0.2, 0.25) is 0 Å². The van der Waals surface area contributed by atoms with Crippen LogP contribution in [-0.4, -0.2) is 20.8 Å². The standard InChI is InChI=1S/C6H12O2/c1-6(4-7-2)5-8-3/h4H,5H2,1-3H3/b6-4+. The molecule has 2 nitrogen and oxygen atoms in total. The van der Waals surface area contributed by atoms with Crippen LogP contribution in [0.25, 0.3) is 0 Å². The number of ether oxygens (including phenoxy) is 2. The molecular weight excluding hydrogens is 104 g/mol. The maximum Gasteiger partial charge on any atom is 0.0836 e. The first-order valence-electron chi connectivity index (χ1n) is 2.48. The van der Waals surface area contributed by atoms with Gasteiger partial charge in [0.25, 0.3) is 0 Å². The molecule has 0 saturated heterocycles. The van der Waals surface area contributed by atoms with Crippen LogP contribution in [0.3, 0.4) is 0 Å². The van der Waals surface area contributed by atoms with E-state index in [1.54, 1.807) is 20.5 Å². The van der Waals surface area contributed by atoms with E-state index >= 15 is 0 Å². The van der Waals surface area contributed by atoms with Gasteiger partial charge in [0.1, 0.15) is 0 Å². The Bertz CT molecular complexity index is 76.6. The second-order valence-corrected chi connectivity index (χ2v) is 1.63. The van der Waals surface area contributed by atoms with Gasteiger partial charge < -0.3 is 9.47 Å². The molecule has 0 N–H and O–H groups in total. The molecule has 0 atom stereocenters. The van der Waals surface area contributed by atoms with E-state index in [1.807, 2.05) is 6.92 Å². The van der Waals surface area contributed by atoms with Crippen LogP contribution in [0.4, 0.5) is 0 Å². The topological polar surface area (TPSA) is 18.5 Å². The maximum absolute atomic E-state index is 4.81. The summed E-state index contributed by atoms with van der Waals surface area (Å²) in [6, 6.07) is 0. The average Bonchev–Trinajstić information content (AvgIpc) is 1.68. The molecule has 0 aromatic heterocycles. The molecule has 2 heteroatoms. The van der Waals surface area contributed by atoms with E-state index < -0.39 is 0 Å². The van der Waals surface area contributed by atoms with Gasteiger partial charge in [0, 0.05) is 7.11 Å². The summed E-state index contributed by atoms with van der Waals surface area (Å²) >= 11 is 0. The Balaban J connectivity index is 3.29. The van der Waals surface area contributed by atoms with E-state index in [2.05, 4.69) is 0 Å². The van der Waals surface area contributed by atoms with Crippen molar-refractivity contribution in [3.05, 3.63) is 11.8 Å². The molecule has 0 aliphatic heterocycles. The second kappa shape index (κ2) is 4.65. The SMILES string of the molecule is CO/C=C(\C)COC. The van der Waals surface area contributed by atoms with Gasteiger partial charge in [-0.1, -0.05) is 0 Å². The molecule has 0 spiro atoms.